The van der Waals surface area contributed by atoms with Crippen LogP contribution in [0.25, 0.3) is 0 Å². The number of nitrogens with zero attached hydrogens (tertiary/aromatic N) is 1. The van der Waals surface area contributed by atoms with Gasteiger partial charge in [-0.05, 0) is 25.7 Å². The molecule has 4 heteroatoms. The minimum absolute atomic E-state index is 0.0815. The third-order valence-electron chi connectivity index (χ3n) is 4.63. The first-order valence-corrected chi connectivity index (χ1v) is 8.75. The normalized spacial score (nSPS) is 24.4. The molecule has 0 N–H and O–H groups in total. The largest absolute Gasteiger partial charge is 0.377 e. The third kappa shape index (κ3) is 3.94. The van der Waals surface area contributed by atoms with Crippen LogP contribution >= 0.6 is 15.9 Å². The van der Waals surface area contributed by atoms with Crippen molar-refractivity contribution >= 4 is 21.8 Å². The number of hydrogen-bond donors (Lipinski definition) is 0. The average molecular weight is 332 g/mol. The first-order chi connectivity index (χ1) is 9.15. The first kappa shape index (κ1) is 15.3. The molecule has 19 heavy (non-hydrogen) atoms. The predicted octanol–water partition coefficient (Wildman–Crippen LogP) is 3.36. The summed E-state index contributed by atoms with van der Waals surface area (Å²) in [7, 11) is 0. The Bertz CT molecular complexity index is 295. The number of alkyl halides is 1. The Labute approximate surface area is 125 Å². The van der Waals surface area contributed by atoms with E-state index in [1.54, 1.807) is 0 Å². The Hall–Kier alpha value is -0.0900. The van der Waals surface area contributed by atoms with Crippen molar-refractivity contribution in [2.24, 2.45) is 5.41 Å². The molecule has 2 fully saturated rings. The molecule has 0 aromatic carbocycles. The van der Waals surface area contributed by atoms with Crippen LogP contribution in [0.5, 0.6) is 0 Å². The zero-order chi connectivity index (χ0) is 13.7. The van der Waals surface area contributed by atoms with E-state index in [9.17, 15) is 4.79 Å². The quantitative estimate of drug-likeness (QED) is 0.739. The lowest BCUT2D eigenvalue weighted by Gasteiger charge is -2.40. The molecule has 1 saturated carbocycles. The van der Waals surface area contributed by atoms with E-state index in [0.29, 0.717) is 12.0 Å². The number of carbonyl (C=O) groups is 1. The molecular formula is C15H26BrNO2. The molecule has 0 unspecified atom stereocenters. The first-order valence-electron chi connectivity index (χ1n) is 7.63. The Morgan fingerprint density at radius 2 is 1.89 bits per heavy atom. The van der Waals surface area contributed by atoms with Crippen LogP contribution in [-0.4, -0.2) is 41.9 Å². The highest BCUT2D eigenvalue weighted by Gasteiger charge is 2.38. The van der Waals surface area contributed by atoms with Crippen LogP contribution in [0.2, 0.25) is 0 Å². The Kier molecular flexibility index (Phi) is 5.70. The highest BCUT2D eigenvalue weighted by molar-refractivity contribution is 9.09. The summed E-state index contributed by atoms with van der Waals surface area (Å²) in [5.41, 5.74) is -0.0815. The van der Waals surface area contributed by atoms with Gasteiger partial charge in [-0.1, -0.05) is 42.1 Å². The summed E-state index contributed by atoms with van der Waals surface area (Å²) in [6.45, 7) is 4.70. The van der Waals surface area contributed by atoms with E-state index in [2.05, 4.69) is 27.8 Å². The summed E-state index contributed by atoms with van der Waals surface area (Å²) >= 11 is 3.38. The fraction of sp³-hybridized carbons (Fsp3) is 0.933. The zero-order valence-electron chi connectivity index (χ0n) is 12.0. The lowest BCUT2D eigenvalue weighted by atomic mass is 9.74. The van der Waals surface area contributed by atoms with Crippen LogP contribution in [0, 0.1) is 5.41 Å². The fourth-order valence-electron chi connectivity index (χ4n) is 3.36. The number of rotatable bonds is 4. The Morgan fingerprint density at radius 3 is 2.47 bits per heavy atom. The maximum atomic E-state index is 12.7. The molecule has 0 aromatic rings. The van der Waals surface area contributed by atoms with Crippen LogP contribution in [-0.2, 0) is 9.53 Å². The number of halogens is 1. The van der Waals surface area contributed by atoms with Gasteiger partial charge in [-0.3, -0.25) is 4.79 Å². The highest BCUT2D eigenvalue weighted by atomic mass is 79.9. The molecule has 2 rings (SSSR count). The smallest absolute Gasteiger partial charge is 0.228 e. The third-order valence-corrected chi connectivity index (χ3v) is 4.96. The Morgan fingerprint density at radius 1 is 1.26 bits per heavy atom. The van der Waals surface area contributed by atoms with Gasteiger partial charge in [-0.15, -0.1) is 0 Å². The van der Waals surface area contributed by atoms with Crippen LogP contribution in [0.4, 0.5) is 0 Å². The van der Waals surface area contributed by atoms with Crippen molar-refractivity contribution in [1.82, 2.24) is 4.90 Å². The molecule has 0 aromatic heterocycles. The molecule has 1 heterocycles. The van der Waals surface area contributed by atoms with Gasteiger partial charge in [0.1, 0.15) is 0 Å². The molecular weight excluding hydrogens is 306 g/mol. The molecule has 0 atom stereocenters. The van der Waals surface area contributed by atoms with E-state index in [0.717, 1.165) is 50.7 Å². The molecule has 0 spiro atoms. The summed E-state index contributed by atoms with van der Waals surface area (Å²) in [6.07, 6.45) is 8.22. The summed E-state index contributed by atoms with van der Waals surface area (Å²) in [5, 5.41) is 0.893. The monoisotopic (exact) mass is 331 g/mol. The molecule has 0 bridgehead atoms. The fourth-order valence-corrected chi connectivity index (χ4v) is 3.55. The van der Waals surface area contributed by atoms with E-state index in [1.165, 1.54) is 19.3 Å². The number of piperidine rings is 1. The van der Waals surface area contributed by atoms with E-state index >= 15 is 0 Å². The minimum atomic E-state index is -0.0815. The SMILES string of the molecule is CC1(C(=O)N2CCC(OCCBr)CC2)CCCCC1. The zero-order valence-corrected chi connectivity index (χ0v) is 13.6. The second-order valence-electron chi connectivity index (χ2n) is 6.17. The second kappa shape index (κ2) is 7.07. The predicted molar refractivity (Wildman–Crippen MR) is 80.5 cm³/mol. The highest BCUT2D eigenvalue weighted by Crippen LogP contribution is 2.38. The van der Waals surface area contributed by atoms with E-state index in [4.69, 9.17) is 4.74 Å². The van der Waals surface area contributed by atoms with Gasteiger partial charge in [0.15, 0.2) is 0 Å². The van der Waals surface area contributed by atoms with Gasteiger partial charge in [0.05, 0.1) is 12.7 Å². The molecule has 0 radical (unpaired) electrons. The number of hydrogen-bond acceptors (Lipinski definition) is 2. The van der Waals surface area contributed by atoms with E-state index in [-0.39, 0.29) is 5.41 Å². The van der Waals surface area contributed by atoms with Crippen LogP contribution in [0.3, 0.4) is 0 Å². The van der Waals surface area contributed by atoms with E-state index < -0.39 is 0 Å². The molecule has 2 aliphatic rings. The van der Waals surface area contributed by atoms with Crippen molar-refractivity contribution in [3.05, 3.63) is 0 Å². The lowest BCUT2D eigenvalue weighted by Crippen LogP contribution is -2.48. The van der Waals surface area contributed by atoms with Gasteiger partial charge >= 0.3 is 0 Å². The van der Waals surface area contributed by atoms with Crippen molar-refractivity contribution < 1.29 is 9.53 Å². The molecule has 1 amide bonds. The molecule has 1 saturated heterocycles. The summed E-state index contributed by atoms with van der Waals surface area (Å²) in [4.78, 5) is 14.8. The van der Waals surface area contributed by atoms with Crippen LogP contribution < -0.4 is 0 Å². The Balaban J connectivity index is 1.81. The van der Waals surface area contributed by atoms with Gasteiger partial charge < -0.3 is 9.64 Å². The number of carbonyl (C=O) groups excluding carboxylic acids is 1. The maximum Gasteiger partial charge on any atom is 0.228 e. The van der Waals surface area contributed by atoms with Gasteiger partial charge in [0.2, 0.25) is 5.91 Å². The van der Waals surface area contributed by atoms with E-state index in [1.807, 2.05) is 0 Å². The van der Waals surface area contributed by atoms with Crippen LogP contribution in [0.15, 0.2) is 0 Å². The maximum absolute atomic E-state index is 12.7. The van der Waals surface area contributed by atoms with Crippen molar-refractivity contribution in [1.29, 1.82) is 0 Å². The lowest BCUT2D eigenvalue weighted by molar-refractivity contribution is -0.145. The molecule has 3 nitrogen and oxygen atoms in total. The molecule has 110 valence electrons. The molecule has 1 aliphatic heterocycles. The number of amides is 1. The van der Waals surface area contributed by atoms with Gasteiger partial charge in [-0.25, -0.2) is 0 Å². The van der Waals surface area contributed by atoms with Crippen molar-refractivity contribution in [3.63, 3.8) is 0 Å². The van der Waals surface area contributed by atoms with Crippen molar-refractivity contribution in [3.8, 4) is 0 Å². The minimum Gasteiger partial charge on any atom is -0.377 e. The number of likely N-dealkylation sites (tertiary alicyclic amines) is 1. The summed E-state index contributed by atoms with van der Waals surface area (Å²) < 4.78 is 5.75. The molecule has 1 aliphatic carbocycles. The summed E-state index contributed by atoms with van der Waals surface area (Å²) in [5.74, 6) is 0.395. The summed E-state index contributed by atoms with van der Waals surface area (Å²) in [6, 6.07) is 0. The van der Waals surface area contributed by atoms with Gasteiger partial charge in [0, 0.05) is 23.8 Å². The second-order valence-corrected chi connectivity index (χ2v) is 6.97. The standard InChI is InChI=1S/C15H26BrNO2/c1-15(7-3-2-4-8-15)14(18)17-10-5-13(6-11-17)19-12-9-16/h13H,2-12H2,1H3. The van der Waals surface area contributed by atoms with Crippen molar-refractivity contribution in [2.45, 2.75) is 58.0 Å². The van der Waals surface area contributed by atoms with Gasteiger partial charge in [0.25, 0.3) is 0 Å². The van der Waals surface area contributed by atoms with Gasteiger partial charge in [-0.2, -0.15) is 0 Å². The average Bonchev–Trinajstić information content (AvgIpc) is 2.46. The number of ether oxygens (including phenoxy) is 1. The van der Waals surface area contributed by atoms with Crippen LogP contribution in [0.1, 0.15) is 51.9 Å². The van der Waals surface area contributed by atoms with Crippen molar-refractivity contribution in [2.75, 3.05) is 25.0 Å². The topological polar surface area (TPSA) is 29.5 Å².